The Morgan fingerprint density at radius 2 is 0.463 bits per heavy atom. The van der Waals surface area contributed by atoms with Gasteiger partial charge in [0.2, 0.25) is 0 Å². The van der Waals surface area contributed by atoms with Crippen LogP contribution in [-0.2, 0) is 0 Å². The molecular formula is C50H110N4+4. The zero-order valence-corrected chi connectivity index (χ0v) is 40.8. The fourth-order valence-electron chi connectivity index (χ4n) is 8.70. The SMILES string of the molecule is CCCCCCCCCCCC[N+](C)(C)CCCCC(C)(C)[N+](C)(C)CCCCC(C)(C)[N+](C)(C)CCCC[N+](C)(C)CCCCCCCCCCCC. The first-order valence-corrected chi connectivity index (χ1v) is 24.5. The van der Waals surface area contributed by atoms with E-state index in [1.165, 1.54) is 228 Å². The van der Waals surface area contributed by atoms with Crippen molar-refractivity contribution in [2.24, 2.45) is 0 Å². The summed E-state index contributed by atoms with van der Waals surface area (Å²) < 4.78 is 4.71. The molecule has 0 aliphatic rings. The van der Waals surface area contributed by atoms with Gasteiger partial charge in [-0.15, -0.1) is 0 Å². The summed E-state index contributed by atoms with van der Waals surface area (Å²) >= 11 is 0. The van der Waals surface area contributed by atoms with Crippen LogP contribution in [0.1, 0.15) is 221 Å². The summed E-state index contributed by atoms with van der Waals surface area (Å²) in [4.78, 5) is 0. The van der Waals surface area contributed by atoms with Crippen molar-refractivity contribution < 1.29 is 17.9 Å². The highest BCUT2D eigenvalue weighted by atomic mass is 15.4. The van der Waals surface area contributed by atoms with Crippen LogP contribution in [0.2, 0.25) is 0 Å². The van der Waals surface area contributed by atoms with Gasteiger partial charge in [-0.3, -0.25) is 0 Å². The molecule has 0 aromatic rings. The molecule has 0 saturated heterocycles. The zero-order valence-electron chi connectivity index (χ0n) is 40.8. The summed E-state index contributed by atoms with van der Waals surface area (Å²) in [5, 5.41) is 0. The van der Waals surface area contributed by atoms with Crippen LogP contribution in [0.5, 0.6) is 0 Å². The van der Waals surface area contributed by atoms with Crippen molar-refractivity contribution in [3.63, 3.8) is 0 Å². The van der Waals surface area contributed by atoms with E-state index in [2.05, 4.69) is 97.9 Å². The zero-order chi connectivity index (χ0) is 41.0. The Morgan fingerprint density at radius 3 is 0.759 bits per heavy atom. The summed E-state index contributed by atoms with van der Waals surface area (Å²) in [5.74, 6) is 0. The first kappa shape index (κ1) is 53.8. The maximum absolute atomic E-state index is 2.54. The summed E-state index contributed by atoms with van der Waals surface area (Å²) in [5.41, 5.74) is 0.657. The lowest BCUT2D eigenvalue weighted by Crippen LogP contribution is -2.57. The van der Waals surface area contributed by atoms with Crippen molar-refractivity contribution in [2.75, 3.05) is 95.6 Å². The quantitative estimate of drug-likeness (QED) is 0.0432. The lowest BCUT2D eigenvalue weighted by atomic mass is 9.90. The predicted octanol–water partition coefficient (Wildman–Crippen LogP) is 13.8. The molecule has 0 radical (unpaired) electrons. The lowest BCUT2D eigenvalue weighted by molar-refractivity contribution is -0.941. The molecule has 0 amide bonds. The van der Waals surface area contributed by atoms with Gasteiger partial charge in [0, 0.05) is 25.7 Å². The van der Waals surface area contributed by atoms with Crippen LogP contribution in [0.15, 0.2) is 0 Å². The van der Waals surface area contributed by atoms with Gasteiger partial charge in [-0.25, -0.2) is 0 Å². The van der Waals surface area contributed by atoms with Crippen LogP contribution in [-0.4, -0.2) is 125 Å². The fourth-order valence-corrected chi connectivity index (χ4v) is 8.70. The van der Waals surface area contributed by atoms with Crippen LogP contribution >= 0.6 is 0 Å². The molecule has 0 unspecified atom stereocenters. The topological polar surface area (TPSA) is 0 Å². The molecule has 0 rings (SSSR count). The Morgan fingerprint density at radius 1 is 0.259 bits per heavy atom. The molecule has 0 fully saturated rings. The summed E-state index contributed by atoms with van der Waals surface area (Å²) in [6, 6.07) is 0. The minimum absolute atomic E-state index is 0.325. The maximum atomic E-state index is 2.54. The average molecular weight is 767 g/mol. The van der Waals surface area contributed by atoms with Gasteiger partial charge in [-0.2, -0.15) is 0 Å². The van der Waals surface area contributed by atoms with Crippen molar-refractivity contribution in [3.8, 4) is 0 Å². The molecule has 0 aromatic heterocycles. The first-order chi connectivity index (χ1) is 25.2. The van der Waals surface area contributed by atoms with Crippen LogP contribution < -0.4 is 0 Å². The van der Waals surface area contributed by atoms with E-state index in [0.717, 1.165) is 8.97 Å². The van der Waals surface area contributed by atoms with Gasteiger partial charge in [0.05, 0.1) is 107 Å². The van der Waals surface area contributed by atoms with Crippen molar-refractivity contribution in [1.29, 1.82) is 0 Å². The standard InChI is InChI=1S/C50H110N4/c1-15-17-19-21-23-25-27-29-31-35-43-51(7,8)45-37-33-41-49(3,4)53(11,12)47-38-34-42-50(5,6)54(13,14)48-40-39-46-52(9,10)44-36-32-30-28-26-24-22-20-18-16-2/h15-48H2,1-14H3/q+4. The molecule has 0 aromatic carbocycles. The van der Waals surface area contributed by atoms with Crippen LogP contribution in [0, 0.1) is 0 Å². The third-order valence-electron chi connectivity index (χ3n) is 14.8. The van der Waals surface area contributed by atoms with Gasteiger partial charge >= 0.3 is 0 Å². The molecule has 0 aliphatic carbocycles. The van der Waals surface area contributed by atoms with Gasteiger partial charge in [-0.1, -0.05) is 117 Å². The Labute approximate surface area is 345 Å². The van der Waals surface area contributed by atoms with E-state index in [4.69, 9.17) is 0 Å². The molecular weight excluding hydrogens is 657 g/mol. The fraction of sp³-hybridized carbons (Fsp3) is 1.00. The summed E-state index contributed by atoms with van der Waals surface area (Å²) in [6.45, 7) is 22.7. The van der Waals surface area contributed by atoms with Gasteiger partial charge in [0.25, 0.3) is 0 Å². The molecule has 0 N–H and O–H groups in total. The second kappa shape index (κ2) is 29.1. The summed E-state index contributed by atoms with van der Waals surface area (Å²) in [6.07, 6.45) is 39.5. The molecule has 54 heavy (non-hydrogen) atoms. The lowest BCUT2D eigenvalue weighted by Gasteiger charge is -2.46. The van der Waals surface area contributed by atoms with Crippen LogP contribution in [0.4, 0.5) is 0 Å². The average Bonchev–Trinajstić information content (AvgIpc) is 3.08. The highest BCUT2D eigenvalue weighted by Crippen LogP contribution is 2.30. The van der Waals surface area contributed by atoms with Gasteiger partial charge in [0.1, 0.15) is 0 Å². The number of hydrogen-bond acceptors (Lipinski definition) is 0. The first-order valence-electron chi connectivity index (χ1n) is 24.5. The van der Waals surface area contributed by atoms with Crippen molar-refractivity contribution in [1.82, 2.24) is 0 Å². The van der Waals surface area contributed by atoms with E-state index in [1.807, 2.05) is 0 Å². The van der Waals surface area contributed by atoms with Crippen molar-refractivity contribution in [2.45, 2.75) is 232 Å². The van der Waals surface area contributed by atoms with E-state index in [1.54, 1.807) is 0 Å². The molecule has 4 nitrogen and oxygen atoms in total. The molecule has 0 saturated carbocycles. The normalized spacial score (nSPS) is 13.7. The second-order valence-electron chi connectivity index (χ2n) is 22.2. The minimum atomic E-state index is 0.325. The predicted molar refractivity (Wildman–Crippen MR) is 246 cm³/mol. The number of unbranched alkanes of at least 4 members (excludes halogenated alkanes) is 21. The monoisotopic (exact) mass is 767 g/mol. The third kappa shape index (κ3) is 26.7. The van der Waals surface area contributed by atoms with E-state index in [-0.39, 0.29) is 0 Å². The molecule has 0 bridgehead atoms. The Balaban J connectivity index is 4.29. The largest absolute Gasteiger partial charge is 0.328 e. The van der Waals surface area contributed by atoms with Crippen molar-refractivity contribution >= 4 is 0 Å². The molecule has 4 heteroatoms. The van der Waals surface area contributed by atoms with Gasteiger partial charge < -0.3 is 17.9 Å². The van der Waals surface area contributed by atoms with Gasteiger partial charge in [-0.05, 0) is 79.1 Å². The highest BCUT2D eigenvalue weighted by molar-refractivity contribution is 4.72. The smallest absolute Gasteiger partial charge is 0.0931 e. The van der Waals surface area contributed by atoms with Crippen LogP contribution in [0.25, 0.3) is 0 Å². The number of hydrogen-bond donors (Lipinski definition) is 0. The van der Waals surface area contributed by atoms with Gasteiger partial charge in [0.15, 0.2) is 0 Å². The Kier molecular flexibility index (Phi) is 29.0. The number of nitrogens with zero attached hydrogens (tertiary/aromatic N) is 4. The molecule has 0 aliphatic heterocycles. The Hall–Kier alpha value is -0.160. The minimum Gasteiger partial charge on any atom is -0.328 e. The van der Waals surface area contributed by atoms with E-state index in [9.17, 15) is 0 Å². The van der Waals surface area contributed by atoms with E-state index >= 15 is 0 Å². The maximum Gasteiger partial charge on any atom is 0.0931 e. The highest BCUT2D eigenvalue weighted by Gasteiger charge is 2.38. The van der Waals surface area contributed by atoms with E-state index < -0.39 is 0 Å². The molecule has 326 valence electrons. The van der Waals surface area contributed by atoms with Crippen molar-refractivity contribution in [3.05, 3.63) is 0 Å². The summed E-state index contributed by atoms with van der Waals surface area (Å²) in [7, 11) is 19.9. The molecule has 0 heterocycles. The second-order valence-corrected chi connectivity index (χ2v) is 22.2. The molecule has 0 atom stereocenters. The number of rotatable bonds is 39. The third-order valence-corrected chi connectivity index (χ3v) is 14.8. The van der Waals surface area contributed by atoms with Crippen LogP contribution in [0.3, 0.4) is 0 Å². The Bertz CT molecular complexity index is 785. The molecule has 0 spiro atoms. The number of quaternary nitrogens is 4. The van der Waals surface area contributed by atoms with E-state index in [0.29, 0.717) is 11.1 Å².